The molecule has 270 valence electrons. The molecule has 9 aromatic rings. The molecule has 2 aliphatic rings. The summed E-state index contributed by atoms with van der Waals surface area (Å²) < 4.78 is 8.32. The fraction of sp³-hybridized carbons (Fsp3) is 0.137. The Balaban J connectivity index is 1.28. The smallest absolute Gasteiger partial charge is 0.200 e. The van der Waals surface area contributed by atoms with Gasteiger partial charge in [0.05, 0.1) is 16.4 Å². The maximum Gasteiger partial charge on any atom is 0.200 e. The van der Waals surface area contributed by atoms with Crippen molar-refractivity contribution in [2.75, 3.05) is 10.2 Å². The van der Waals surface area contributed by atoms with Crippen LogP contribution in [0.1, 0.15) is 51.3 Å². The Kier molecular flexibility index (Phi) is 7.13. The van der Waals surface area contributed by atoms with Crippen molar-refractivity contribution in [1.82, 2.24) is 0 Å². The molecular formula is C51H41BN2OS. The van der Waals surface area contributed by atoms with Gasteiger partial charge in [-0.25, -0.2) is 0 Å². The molecule has 11 rings (SSSR count). The lowest BCUT2D eigenvalue weighted by molar-refractivity contribution is 0.590. The highest BCUT2D eigenvalue weighted by atomic mass is 32.1. The number of thiophene rings is 1. The van der Waals surface area contributed by atoms with Crippen LogP contribution in [0.2, 0.25) is 0 Å². The zero-order chi connectivity index (χ0) is 37.9. The van der Waals surface area contributed by atoms with Gasteiger partial charge >= 0.3 is 0 Å². The zero-order valence-electron chi connectivity index (χ0n) is 32.3. The number of nitrogens with zero attached hydrogens (tertiary/aromatic N) is 1. The van der Waals surface area contributed by atoms with E-state index in [0.717, 1.165) is 46.2 Å². The highest BCUT2D eigenvalue weighted by Gasteiger charge is 2.38. The quantitative estimate of drug-likeness (QED) is 0.183. The second kappa shape index (κ2) is 12.0. The molecule has 2 aliphatic heterocycles. The van der Waals surface area contributed by atoms with Crippen molar-refractivity contribution in [1.29, 1.82) is 0 Å². The summed E-state index contributed by atoms with van der Waals surface area (Å²) in [5.41, 5.74) is 17.6. The minimum absolute atomic E-state index is 0.00846. The highest BCUT2D eigenvalue weighted by molar-refractivity contribution is 7.25. The first kappa shape index (κ1) is 33.3. The fourth-order valence-electron chi connectivity index (χ4n) is 9.39. The number of hydrogen-bond donors (Lipinski definition) is 1. The van der Waals surface area contributed by atoms with Gasteiger partial charge in [0.15, 0.2) is 0 Å². The van der Waals surface area contributed by atoms with Gasteiger partial charge < -0.3 is 14.6 Å². The van der Waals surface area contributed by atoms with Gasteiger partial charge in [-0.3, -0.25) is 0 Å². The second-order valence-corrected chi connectivity index (χ2v) is 18.0. The van der Waals surface area contributed by atoms with Gasteiger partial charge in [0.25, 0.3) is 0 Å². The number of benzene rings is 7. The molecule has 0 saturated heterocycles. The SMILES string of the molecule is CC(C)(C)c1ccc(N2c3cc4c(oc5ccccc54)c(-c4cccc5c4Nc4ccccc4C5(C)C)c3Bc3c2sc2ccccc32)c(-c2ccccc2)c1. The van der Waals surface area contributed by atoms with Crippen molar-refractivity contribution in [2.45, 2.75) is 45.4 Å². The summed E-state index contributed by atoms with van der Waals surface area (Å²) >= 11 is 1.90. The van der Waals surface area contributed by atoms with Crippen LogP contribution in [0.15, 0.2) is 150 Å². The van der Waals surface area contributed by atoms with E-state index < -0.39 is 0 Å². The van der Waals surface area contributed by atoms with E-state index in [0.29, 0.717) is 0 Å². The molecule has 56 heavy (non-hydrogen) atoms. The van der Waals surface area contributed by atoms with E-state index in [-0.39, 0.29) is 10.8 Å². The summed E-state index contributed by atoms with van der Waals surface area (Å²) in [6, 6.07) is 53.5. The van der Waals surface area contributed by atoms with Gasteiger partial charge in [-0.15, -0.1) is 11.3 Å². The summed E-state index contributed by atoms with van der Waals surface area (Å²) in [5.74, 6) is 0. The molecule has 0 amide bonds. The third-order valence-electron chi connectivity index (χ3n) is 12.3. The highest BCUT2D eigenvalue weighted by Crippen LogP contribution is 2.53. The number of para-hydroxylation sites is 3. The minimum Gasteiger partial charge on any atom is -0.455 e. The van der Waals surface area contributed by atoms with Crippen molar-refractivity contribution in [3.05, 3.63) is 162 Å². The van der Waals surface area contributed by atoms with Crippen LogP contribution in [0.5, 0.6) is 0 Å². The Morgan fingerprint density at radius 2 is 1.38 bits per heavy atom. The maximum atomic E-state index is 7.02. The largest absolute Gasteiger partial charge is 0.455 e. The van der Waals surface area contributed by atoms with Gasteiger partial charge in [-0.1, -0.05) is 144 Å². The Labute approximate surface area is 332 Å². The summed E-state index contributed by atoms with van der Waals surface area (Å²) in [6.45, 7) is 11.6. The van der Waals surface area contributed by atoms with Gasteiger partial charge in [0.2, 0.25) is 7.28 Å². The molecule has 3 nitrogen and oxygen atoms in total. The van der Waals surface area contributed by atoms with Crippen LogP contribution in [0.25, 0.3) is 54.3 Å². The Morgan fingerprint density at radius 3 is 2.21 bits per heavy atom. The summed E-state index contributed by atoms with van der Waals surface area (Å²) in [6.07, 6.45) is 0. The minimum atomic E-state index is -0.197. The van der Waals surface area contributed by atoms with Crippen molar-refractivity contribution in [3.8, 4) is 22.3 Å². The monoisotopic (exact) mass is 740 g/mol. The molecule has 0 bridgehead atoms. The molecule has 7 aromatic carbocycles. The molecule has 0 spiro atoms. The van der Waals surface area contributed by atoms with E-state index in [1.165, 1.54) is 70.8 Å². The van der Waals surface area contributed by atoms with Crippen LogP contribution < -0.4 is 21.1 Å². The average molecular weight is 741 g/mol. The number of furan rings is 1. The van der Waals surface area contributed by atoms with E-state index in [4.69, 9.17) is 4.42 Å². The molecule has 5 heteroatoms. The van der Waals surface area contributed by atoms with Crippen LogP contribution in [0.4, 0.5) is 27.8 Å². The number of anilines is 5. The normalized spacial score (nSPS) is 14.2. The predicted molar refractivity (Wildman–Crippen MR) is 242 cm³/mol. The van der Waals surface area contributed by atoms with Crippen molar-refractivity contribution in [3.63, 3.8) is 0 Å². The standard InChI is InChI=1S/C51H41BN2OS/c1-50(2,3)31-26-27-40(35(28-31)30-16-7-6-8-17-30)54-41-29-36-32-18-9-13-24-42(32)55-48(36)44(46(41)52-45-33-19-10-14-25-43(33)56-49(45)54)34-20-15-22-38-47(34)53-39-23-12-11-21-37(39)51(38,4)5/h6-29,52-53H,1-5H3. The van der Waals surface area contributed by atoms with E-state index in [2.05, 4.69) is 190 Å². The van der Waals surface area contributed by atoms with Crippen LogP contribution in [-0.2, 0) is 10.8 Å². The van der Waals surface area contributed by atoms with Crippen molar-refractivity contribution >= 4 is 89.3 Å². The summed E-state index contributed by atoms with van der Waals surface area (Å²) in [7, 11) is 0.790. The summed E-state index contributed by atoms with van der Waals surface area (Å²) in [5, 5.41) is 8.80. The van der Waals surface area contributed by atoms with Crippen LogP contribution in [0.3, 0.4) is 0 Å². The fourth-order valence-corrected chi connectivity index (χ4v) is 10.6. The molecule has 1 N–H and O–H groups in total. The number of hydrogen-bond acceptors (Lipinski definition) is 4. The van der Waals surface area contributed by atoms with Gasteiger partial charge in [-0.05, 0) is 80.4 Å². The topological polar surface area (TPSA) is 28.4 Å². The van der Waals surface area contributed by atoms with Gasteiger partial charge in [0, 0.05) is 49.0 Å². The maximum absolute atomic E-state index is 7.02. The molecule has 0 unspecified atom stereocenters. The van der Waals surface area contributed by atoms with Gasteiger partial charge in [-0.2, -0.15) is 0 Å². The number of rotatable bonds is 3. The molecule has 2 aromatic heterocycles. The molecular weight excluding hydrogens is 699 g/mol. The van der Waals surface area contributed by atoms with Crippen LogP contribution in [0, 0.1) is 0 Å². The molecule has 0 atom stereocenters. The van der Waals surface area contributed by atoms with Crippen LogP contribution in [-0.4, -0.2) is 7.28 Å². The molecule has 0 fully saturated rings. The first-order chi connectivity index (χ1) is 27.2. The van der Waals surface area contributed by atoms with E-state index in [1.54, 1.807) is 0 Å². The number of fused-ring (bicyclic) bond motifs is 9. The van der Waals surface area contributed by atoms with Crippen molar-refractivity contribution < 1.29 is 4.42 Å². The van der Waals surface area contributed by atoms with Crippen LogP contribution >= 0.6 is 11.3 Å². The lowest BCUT2D eigenvalue weighted by Gasteiger charge is -2.38. The average Bonchev–Trinajstić information content (AvgIpc) is 3.77. The lowest BCUT2D eigenvalue weighted by atomic mass is 9.58. The number of nitrogens with one attached hydrogen (secondary N) is 1. The first-order valence-electron chi connectivity index (χ1n) is 19.6. The molecule has 0 radical (unpaired) electrons. The molecule has 4 heterocycles. The second-order valence-electron chi connectivity index (χ2n) is 17.0. The van der Waals surface area contributed by atoms with Gasteiger partial charge in [0.1, 0.15) is 11.2 Å². The zero-order valence-corrected chi connectivity index (χ0v) is 33.1. The Hall–Kier alpha value is -6.04. The van der Waals surface area contributed by atoms with E-state index in [9.17, 15) is 0 Å². The molecule has 0 saturated carbocycles. The predicted octanol–water partition coefficient (Wildman–Crippen LogP) is 13.0. The Bertz CT molecular complexity index is 3060. The Morgan fingerprint density at radius 1 is 0.643 bits per heavy atom. The molecule has 0 aliphatic carbocycles. The first-order valence-corrected chi connectivity index (χ1v) is 20.5. The van der Waals surface area contributed by atoms with E-state index in [1.807, 2.05) is 11.3 Å². The summed E-state index contributed by atoms with van der Waals surface area (Å²) in [4.78, 5) is 2.58. The third-order valence-corrected chi connectivity index (χ3v) is 13.5. The van der Waals surface area contributed by atoms with Crippen molar-refractivity contribution in [2.24, 2.45) is 0 Å². The van der Waals surface area contributed by atoms with E-state index >= 15 is 0 Å². The lowest BCUT2D eigenvalue weighted by Crippen LogP contribution is -2.40. The third kappa shape index (κ3) is 4.83.